The highest BCUT2D eigenvalue weighted by Gasteiger charge is 2.25. The van der Waals surface area contributed by atoms with Crippen molar-refractivity contribution in [2.24, 2.45) is 0 Å². The highest BCUT2D eigenvalue weighted by Crippen LogP contribution is 2.39. The van der Waals surface area contributed by atoms with Crippen LogP contribution < -0.4 is 9.80 Å². The van der Waals surface area contributed by atoms with Gasteiger partial charge in [0.2, 0.25) is 0 Å². The first-order valence-electron chi connectivity index (χ1n) is 13.5. The Kier molecular flexibility index (Phi) is 7.26. The third-order valence-corrected chi connectivity index (χ3v) is 8.02. The number of benzene rings is 2. The summed E-state index contributed by atoms with van der Waals surface area (Å²) in [5, 5.41) is 2.08. The van der Waals surface area contributed by atoms with E-state index in [1.165, 1.54) is 16.8 Å². The van der Waals surface area contributed by atoms with Crippen LogP contribution >= 0.6 is 0 Å². The molecule has 1 unspecified atom stereocenters. The molecule has 4 aromatic rings. The van der Waals surface area contributed by atoms with Gasteiger partial charge >= 0.3 is 0 Å². The van der Waals surface area contributed by atoms with Gasteiger partial charge in [0.05, 0.1) is 11.7 Å². The molecular weight excluding hydrogens is 460 g/mol. The zero-order valence-corrected chi connectivity index (χ0v) is 22.1. The van der Waals surface area contributed by atoms with Gasteiger partial charge in [-0.05, 0) is 54.2 Å². The molecule has 6 heteroatoms. The number of carbonyl (C=O) groups excluding carboxylic acids is 2. The Morgan fingerprint density at radius 2 is 1.92 bits per heavy atom. The maximum Gasteiger partial charge on any atom is 0.150 e. The third kappa shape index (κ3) is 4.73. The molecule has 0 spiro atoms. The highest BCUT2D eigenvalue weighted by atomic mass is 16.1. The molecule has 1 aliphatic rings. The average molecular weight is 497 g/mol. The minimum atomic E-state index is -0.206. The molecule has 0 aliphatic carbocycles. The summed E-state index contributed by atoms with van der Waals surface area (Å²) in [5.74, 6) is 0.416. The van der Waals surface area contributed by atoms with Crippen LogP contribution in [0.4, 0.5) is 11.4 Å². The number of aryl methyl sites for hydroxylation is 1. The highest BCUT2D eigenvalue weighted by molar-refractivity contribution is 6.07. The molecule has 3 heterocycles. The molecule has 0 N–H and O–H groups in total. The fourth-order valence-electron chi connectivity index (χ4n) is 5.84. The maximum absolute atomic E-state index is 12.1. The molecule has 0 radical (unpaired) electrons. The number of carbonyl (C=O) groups is 2. The van der Waals surface area contributed by atoms with Crippen LogP contribution in [-0.4, -0.2) is 48.1 Å². The average Bonchev–Trinajstić information content (AvgIpc) is 3.38. The summed E-state index contributed by atoms with van der Waals surface area (Å²) in [7, 11) is 1.96. The van der Waals surface area contributed by atoms with Gasteiger partial charge in [-0.1, -0.05) is 44.5 Å². The number of piperidine rings is 1. The summed E-state index contributed by atoms with van der Waals surface area (Å²) in [5.41, 5.74) is 6.37. The topological polar surface area (TPSA) is 57.9 Å². The normalized spacial score (nSPS) is 15.3. The minimum absolute atomic E-state index is 0.206. The van der Waals surface area contributed by atoms with Gasteiger partial charge in [-0.15, -0.1) is 0 Å². The Morgan fingerprint density at radius 1 is 1.11 bits per heavy atom. The Morgan fingerprint density at radius 3 is 2.62 bits per heavy atom. The number of hydrogen-bond donors (Lipinski definition) is 0. The predicted octanol–water partition coefficient (Wildman–Crippen LogP) is 6.05. The van der Waals surface area contributed by atoms with Gasteiger partial charge in [0.15, 0.2) is 6.29 Å². The second kappa shape index (κ2) is 10.8. The summed E-state index contributed by atoms with van der Waals surface area (Å²) >= 11 is 0. The Bertz CT molecular complexity index is 1420. The lowest BCUT2D eigenvalue weighted by Gasteiger charge is -2.34. The first-order chi connectivity index (χ1) is 18.1. The summed E-state index contributed by atoms with van der Waals surface area (Å²) in [4.78, 5) is 33.0. The van der Waals surface area contributed by atoms with Crippen LogP contribution in [0.5, 0.6) is 0 Å². The quantitative estimate of drug-likeness (QED) is 0.264. The zero-order chi connectivity index (χ0) is 25.9. The lowest BCUT2D eigenvalue weighted by Crippen LogP contribution is -2.33. The van der Waals surface area contributed by atoms with Crippen molar-refractivity contribution in [1.82, 2.24) is 9.38 Å². The van der Waals surface area contributed by atoms with E-state index in [2.05, 4.69) is 64.8 Å². The SMILES string of the molecule is CCCC(C=O)N(C)c1ccc(C2CCN(c3cc4ncc(CC)cn4c3)CC2)c2cccc(C=O)c12. The van der Waals surface area contributed by atoms with Gasteiger partial charge in [0, 0.05) is 61.4 Å². The molecule has 1 saturated heterocycles. The van der Waals surface area contributed by atoms with Crippen molar-refractivity contribution in [1.29, 1.82) is 0 Å². The fourth-order valence-corrected chi connectivity index (χ4v) is 5.84. The summed E-state index contributed by atoms with van der Waals surface area (Å²) in [6.07, 6.45) is 13.1. The molecule has 2 aromatic heterocycles. The van der Waals surface area contributed by atoms with E-state index in [-0.39, 0.29) is 6.04 Å². The second-order valence-electron chi connectivity index (χ2n) is 10.2. The van der Waals surface area contributed by atoms with E-state index < -0.39 is 0 Å². The lowest BCUT2D eigenvalue weighted by molar-refractivity contribution is -0.109. The second-order valence-corrected chi connectivity index (χ2v) is 10.2. The molecule has 1 fully saturated rings. The molecule has 37 heavy (non-hydrogen) atoms. The van der Waals surface area contributed by atoms with Gasteiger partial charge in [0.1, 0.15) is 11.9 Å². The van der Waals surface area contributed by atoms with Crippen molar-refractivity contribution in [3.8, 4) is 0 Å². The van der Waals surface area contributed by atoms with E-state index >= 15 is 0 Å². The van der Waals surface area contributed by atoms with Gasteiger partial charge in [0.25, 0.3) is 0 Å². The molecule has 6 nitrogen and oxygen atoms in total. The first-order valence-corrected chi connectivity index (χ1v) is 13.5. The fraction of sp³-hybridized carbons (Fsp3) is 0.387. The Balaban J connectivity index is 1.43. The van der Waals surface area contributed by atoms with E-state index in [0.29, 0.717) is 11.5 Å². The van der Waals surface area contributed by atoms with Crippen LogP contribution in [0.25, 0.3) is 16.4 Å². The summed E-state index contributed by atoms with van der Waals surface area (Å²) < 4.78 is 2.13. The van der Waals surface area contributed by atoms with Crippen molar-refractivity contribution in [2.45, 2.75) is 57.9 Å². The molecule has 1 atom stereocenters. The molecule has 0 bridgehead atoms. The van der Waals surface area contributed by atoms with Crippen molar-refractivity contribution >= 4 is 40.4 Å². The lowest BCUT2D eigenvalue weighted by atomic mass is 9.85. The van der Waals surface area contributed by atoms with Crippen molar-refractivity contribution < 1.29 is 9.59 Å². The van der Waals surface area contributed by atoms with Crippen LogP contribution in [0.1, 0.15) is 66.9 Å². The van der Waals surface area contributed by atoms with Crippen molar-refractivity contribution in [3.63, 3.8) is 0 Å². The largest absolute Gasteiger partial charge is 0.370 e. The number of nitrogens with zero attached hydrogens (tertiary/aromatic N) is 4. The monoisotopic (exact) mass is 496 g/mol. The molecule has 5 rings (SSSR count). The Labute approximate surface area is 218 Å². The molecule has 192 valence electrons. The summed E-state index contributed by atoms with van der Waals surface area (Å²) in [6.45, 7) is 6.19. The van der Waals surface area contributed by atoms with Crippen molar-refractivity contribution in [2.75, 3.05) is 29.9 Å². The van der Waals surface area contributed by atoms with Crippen LogP contribution in [0.3, 0.4) is 0 Å². The molecule has 0 saturated carbocycles. The van der Waals surface area contributed by atoms with E-state index in [1.807, 2.05) is 30.3 Å². The molecule has 1 aliphatic heterocycles. The van der Waals surface area contributed by atoms with E-state index in [1.54, 1.807) is 0 Å². The first kappa shape index (κ1) is 25.0. The third-order valence-electron chi connectivity index (χ3n) is 8.02. The van der Waals surface area contributed by atoms with Gasteiger partial charge in [-0.3, -0.25) is 4.79 Å². The van der Waals surface area contributed by atoms with E-state index in [4.69, 9.17) is 0 Å². The van der Waals surface area contributed by atoms with Crippen LogP contribution in [-0.2, 0) is 11.2 Å². The van der Waals surface area contributed by atoms with Gasteiger partial charge in [-0.2, -0.15) is 0 Å². The predicted molar refractivity (Wildman–Crippen MR) is 151 cm³/mol. The van der Waals surface area contributed by atoms with E-state index in [9.17, 15) is 9.59 Å². The molecule has 2 aromatic carbocycles. The summed E-state index contributed by atoms with van der Waals surface area (Å²) in [6, 6.07) is 12.3. The molecule has 0 amide bonds. The minimum Gasteiger partial charge on any atom is -0.370 e. The van der Waals surface area contributed by atoms with Gasteiger partial charge in [-0.25, -0.2) is 4.98 Å². The smallest absolute Gasteiger partial charge is 0.150 e. The number of aldehydes is 2. The number of hydrogen-bond acceptors (Lipinski definition) is 5. The number of anilines is 2. The number of likely N-dealkylation sites (N-methyl/N-ethyl adjacent to an activating group) is 1. The Hall–Kier alpha value is -3.67. The van der Waals surface area contributed by atoms with E-state index in [0.717, 1.165) is 79.9 Å². The number of fused-ring (bicyclic) bond motifs is 2. The number of aromatic nitrogens is 2. The van der Waals surface area contributed by atoms with Crippen LogP contribution in [0, 0.1) is 0 Å². The number of rotatable bonds is 9. The zero-order valence-electron chi connectivity index (χ0n) is 22.1. The van der Waals surface area contributed by atoms with Gasteiger partial charge < -0.3 is 19.0 Å². The molecular formula is C31H36N4O2. The van der Waals surface area contributed by atoms with Crippen molar-refractivity contribution in [3.05, 3.63) is 71.7 Å². The van der Waals surface area contributed by atoms with Crippen LogP contribution in [0.2, 0.25) is 0 Å². The standard InChI is InChI=1S/C31H36N4O2/c1-4-7-25(21-37)33(3)29-11-10-27(28-9-6-8-24(20-36)31(28)29)23-12-14-34(15-13-23)26-16-30-32-17-22(5-2)18-35(30)19-26/h6,8-11,16-21,23,25H,4-5,7,12-15H2,1-3H3. The van der Waals surface area contributed by atoms with Crippen LogP contribution in [0.15, 0.2) is 55.0 Å². The maximum atomic E-state index is 12.1.